The summed E-state index contributed by atoms with van der Waals surface area (Å²) >= 11 is 1.51. The highest BCUT2D eigenvalue weighted by Crippen LogP contribution is 2.34. The van der Waals surface area contributed by atoms with Gasteiger partial charge < -0.3 is 14.9 Å². The minimum atomic E-state index is -2.34. The van der Waals surface area contributed by atoms with Crippen molar-refractivity contribution in [1.29, 1.82) is 0 Å². The van der Waals surface area contributed by atoms with E-state index in [2.05, 4.69) is 9.97 Å². The molecule has 9 heteroatoms. The topological polar surface area (TPSA) is 86.6 Å². The normalized spacial score (nSPS) is 26.5. The molecule has 132 valence electrons. The molecule has 2 aromatic rings. The molecule has 4 rings (SSSR count). The number of alkyl halides is 1. The second-order valence-electron chi connectivity index (χ2n) is 6.47. The maximum absolute atomic E-state index is 14.3. The van der Waals surface area contributed by atoms with E-state index in [4.69, 9.17) is 5.11 Å². The number of aliphatic carboxylic acids is 1. The summed E-state index contributed by atoms with van der Waals surface area (Å²) in [6.45, 7) is 0.429. The summed E-state index contributed by atoms with van der Waals surface area (Å²) in [5, 5.41) is 11.9. The first kappa shape index (κ1) is 16.2. The minimum Gasteiger partial charge on any atom is -0.479 e. The number of hydrogen-bond acceptors (Lipinski definition) is 6. The van der Waals surface area contributed by atoms with Crippen LogP contribution in [0.15, 0.2) is 17.8 Å². The van der Waals surface area contributed by atoms with Crippen molar-refractivity contribution in [3.8, 4) is 0 Å². The van der Waals surface area contributed by atoms with E-state index >= 15 is 0 Å². The number of aromatic nitrogens is 2. The molecule has 0 bridgehead atoms. The van der Waals surface area contributed by atoms with Gasteiger partial charge in [-0.3, -0.25) is 4.79 Å². The molecule has 0 spiro atoms. The van der Waals surface area contributed by atoms with Gasteiger partial charge in [0.1, 0.15) is 23.0 Å². The van der Waals surface area contributed by atoms with Gasteiger partial charge in [-0.05, 0) is 24.3 Å². The highest BCUT2D eigenvalue weighted by atomic mass is 32.1. The molecule has 0 aliphatic carbocycles. The summed E-state index contributed by atoms with van der Waals surface area (Å²) < 4.78 is 14.3. The Morgan fingerprint density at radius 1 is 1.36 bits per heavy atom. The van der Waals surface area contributed by atoms with Crippen molar-refractivity contribution in [2.75, 3.05) is 24.5 Å². The Balaban J connectivity index is 1.59. The summed E-state index contributed by atoms with van der Waals surface area (Å²) in [5.41, 5.74) is -2.34. The third kappa shape index (κ3) is 2.62. The molecule has 0 aromatic carbocycles. The van der Waals surface area contributed by atoms with Crippen LogP contribution in [0.2, 0.25) is 0 Å². The zero-order valence-electron chi connectivity index (χ0n) is 13.4. The van der Waals surface area contributed by atoms with E-state index in [0.29, 0.717) is 18.8 Å². The number of hydrogen-bond donors (Lipinski definition) is 1. The largest absolute Gasteiger partial charge is 0.479 e. The quantitative estimate of drug-likeness (QED) is 0.892. The Labute approximate surface area is 147 Å². The van der Waals surface area contributed by atoms with Crippen LogP contribution in [0.4, 0.5) is 10.2 Å². The predicted octanol–water partition coefficient (Wildman–Crippen LogP) is 1.69. The summed E-state index contributed by atoms with van der Waals surface area (Å²) in [5.74, 6) is -1.01. The van der Waals surface area contributed by atoms with E-state index in [-0.39, 0.29) is 25.4 Å². The molecule has 25 heavy (non-hydrogen) atoms. The molecule has 0 radical (unpaired) electrons. The van der Waals surface area contributed by atoms with E-state index in [9.17, 15) is 14.0 Å². The average Bonchev–Trinajstić information content (AvgIpc) is 3.33. The van der Waals surface area contributed by atoms with Crippen LogP contribution in [0.5, 0.6) is 0 Å². The number of carbonyl (C=O) groups is 2. The fourth-order valence-electron chi connectivity index (χ4n) is 3.63. The number of likely N-dealkylation sites (tertiary alicyclic amines) is 1. The third-order valence-electron chi connectivity index (χ3n) is 4.97. The number of anilines is 1. The molecule has 7 nitrogen and oxygen atoms in total. The third-order valence-corrected chi connectivity index (χ3v) is 5.79. The lowest BCUT2D eigenvalue weighted by molar-refractivity contribution is -0.150. The maximum atomic E-state index is 14.3. The molecule has 2 atom stereocenters. The maximum Gasteiger partial charge on any atom is 0.343 e. The SMILES string of the molecule is O=C(C1CCCN1c1ncnc2sccc12)N1CCC(F)(C(=O)O)C1. The molecule has 2 fully saturated rings. The van der Waals surface area contributed by atoms with Gasteiger partial charge in [0, 0.05) is 19.5 Å². The number of halogens is 1. The van der Waals surface area contributed by atoms with Crippen molar-refractivity contribution in [2.24, 2.45) is 0 Å². The summed E-state index contributed by atoms with van der Waals surface area (Å²) in [6.07, 6.45) is 2.81. The zero-order chi connectivity index (χ0) is 17.6. The van der Waals surface area contributed by atoms with Gasteiger partial charge >= 0.3 is 5.97 Å². The molecular formula is C16H17FN4O3S. The van der Waals surface area contributed by atoms with Crippen LogP contribution in [-0.4, -0.2) is 63.2 Å². The number of thiophene rings is 1. The van der Waals surface area contributed by atoms with Gasteiger partial charge in [0.05, 0.1) is 11.9 Å². The second-order valence-corrected chi connectivity index (χ2v) is 7.36. The number of rotatable bonds is 3. The minimum absolute atomic E-state index is 0.129. The number of amides is 1. The van der Waals surface area contributed by atoms with Gasteiger partial charge in [0.2, 0.25) is 11.6 Å². The van der Waals surface area contributed by atoms with Gasteiger partial charge in [-0.25, -0.2) is 19.2 Å². The summed E-state index contributed by atoms with van der Waals surface area (Å²) in [6, 6.07) is 1.50. The highest BCUT2D eigenvalue weighted by molar-refractivity contribution is 7.16. The van der Waals surface area contributed by atoms with Crippen LogP contribution < -0.4 is 4.90 Å². The van der Waals surface area contributed by atoms with Crippen molar-refractivity contribution in [1.82, 2.24) is 14.9 Å². The van der Waals surface area contributed by atoms with E-state index in [1.807, 2.05) is 16.3 Å². The van der Waals surface area contributed by atoms with E-state index in [1.54, 1.807) is 0 Å². The number of carboxylic acids is 1. The van der Waals surface area contributed by atoms with Gasteiger partial charge in [0.25, 0.3) is 0 Å². The Bertz CT molecular complexity index is 844. The predicted molar refractivity (Wildman–Crippen MR) is 90.5 cm³/mol. The molecule has 2 aliphatic heterocycles. The lowest BCUT2D eigenvalue weighted by Gasteiger charge is -2.29. The van der Waals surface area contributed by atoms with Gasteiger partial charge in [-0.15, -0.1) is 11.3 Å². The molecule has 4 heterocycles. The fourth-order valence-corrected chi connectivity index (χ4v) is 4.36. The average molecular weight is 364 g/mol. The number of fused-ring (bicyclic) bond motifs is 1. The number of carboxylic acid groups (broad SMARTS) is 1. The smallest absolute Gasteiger partial charge is 0.343 e. The lowest BCUT2D eigenvalue weighted by Crippen LogP contribution is -2.47. The standard InChI is InChI=1S/C16H17FN4O3S/c17-16(15(23)24)4-6-20(8-16)14(22)11-2-1-5-21(11)12-10-3-7-25-13(10)19-9-18-12/h3,7,9,11H,1-2,4-6,8H2,(H,23,24). The van der Waals surface area contributed by atoms with Crippen LogP contribution in [0.1, 0.15) is 19.3 Å². The van der Waals surface area contributed by atoms with Crippen LogP contribution in [-0.2, 0) is 9.59 Å². The molecule has 2 unspecified atom stereocenters. The Kier molecular flexibility index (Phi) is 3.82. The summed E-state index contributed by atoms with van der Waals surface area (Å²) in [4.78, 5) is 36.7. The fraction of sp³-hybridized carbons (Fsp3) is 0.500. The Morgan fingerprint density at radius 2 is 2.20 bits per heavy atom. The van der Waals surface area contributed by atoms with Gasteiger partial charge in [0.15, 0.2) is 0 Å². The molecule has 2 aliphatic rings. The van der Waals surface area contributed by atoms with Crippen LogP contribution in [0.25, 0.3) is 10.2 Å². The summed E-state index contributed by atoms with van der Waals surface area (Å²) in [7, 11) is 0. The Hall–Kier alpha value is -2.29. The van der Waals surface area contributed by atoms with Crippen LogP contribution in [0.3, 0.4) is 0 Å². The molecule has 2 saturated heterocycles. The molecule has 0 saturated carbocycles. The second kappa shape index (κ2) is 5.91. The van der Waals surface area contributed by atoms with Crippen molar-refractivity contribution in [3.63, 3.8) is 0 Å². The van der Waals surface area contributed by atoms with Crippen molar-refractivity contribution in [3.05, 3.63) is 17.8 Å². The van der Waals surface area contributed by atoms with E-state index in [1.165, 1.54) is 22.6 Å². The zero-order valence-corrected chi connectivity index (χ0v) is 14.2. The van der Waals surface area contributed by atoms with Crippen molar-refractivity contribution < 1.29 is 19.1 Å². The number of nitrogens with zero attached hydrogens (tertiary/aromatic N) is 4. The molecular weight excluding hydrogens is 347 g/mol. The molecule has 1 N–H and O–H groups in total. The molecule has 2 aromatic heterocycles. The Morgan fingerprint density at radius 3 is 2.96 bits per heavy atom. The van der Waals surface area contributed by atoms with Crippen molar-refractivity contribution in [2.45, 2.75) is 31.0 Å². The highest BCUT2D eigenvalue weighted by Gasteiger charge is 2.48. The monoisotopic (exact) mass is 364 g/mol. The van der Waals surface area contributed by atoms with Crippen molar-refractivity contribution >= 4 is 39.2 Å². The van der Waals surface area contributed by atoms with E-state index in [0.717, 1.165) is 16.6 Å². The first-order valence-corrected chi connectivity index (χ1v) is 9.03. The van der Waals surface area contributed by atoms with Gasteiger partial charge in [-0.1, -0.05) is 0 Å². The lowest BCUT2D eigenvalue weighted by atomic mass is 10.1. The van der Waals surface area contributed by atoms with Crippen LogP contribution >= 0.6 is 11.3 Å². The van der Waals surface area contributed by atoms with Gasteiger partial charge in [-0.2, -0.15) is 0 Å². The first-order chi connectivity index (χ1) is 12.0. The number of carbonyl (C=O) groups excluding carboxylic acids is 1. The first-order valence-electron chi connectivity index (χ1n) is 8.15. The molecule has 1 amide bonds. The van der Waals surface area contributed by atoms with E-state index < -0.39 is 17.7 Å². The van der Waals surface area contributed by atoms with Crippen LogP contribution in [0, 0.1) is 0 Å².